The number of rotatable bonds is 2. The summed E-state index contributed by atoms with van der Waals surface area (Å²) in [6.07, 6.45) is 1.60. The van der Waals surface area contributed by atoms with Crippen molar-refractivity contribution in [1.29, 1.82) is 0 Å². The number of nitrogens with two attached hydrogens (primary N) is 1. The zero-order valence-corrected chi connectivity index (χ0v) is 11.9. The van der Waals surface area contributed by atoms with E-state index >= 15 is 0 Å². The van der Waals surface area contributed by atoms with Gasteiger partial charge in [-0.15, -0.1) is 0 Å². The van der Waals surface area contributed by atoms with Crippen molar-refractivity contribution in [3.63, 3.8) is 0 Å². The summed E-state index contributed by atoms with van der Waals surface area (Å²) in [6.45, 7) is 1.81. The van der Waals surface area contributed by atoms with Crippen LogP contribution >= 0.6 is 11.6 Å². The Morgan fingerprint density at radius 2 is 2.14 bits per heavy atom. The van der Waals surface area contributed by atoms with Gasteiger partial charge in [0, 0.05) is 23.0 Å². The van der Waals surface area contributed by atoms with Gasteiger partial charge in [-0.3, -0.25) is 4.79 Å². The number of nitrogens with zero attached hydrogens (tertiary/aromatic N) is 1. The topological polar surface area (TPSA) is 84.9 Å². The number of nitrogens with one attached hydrogen (secondary N) is 1. The van der Waals surface area contributed by atoms with E-state index in [4.69, 9.17) is 21.9 Å². The van der Waals surface area contributed by atoms with Crippen molar-refractivity contribution in [2.45, 2.75) is 6.92 Å². The van der Waals surface area contributed by atoms with Gasteiger partial charge in [-0.1, -0.05) is 28.9 Å². The molecule has 6 heteroatoms. The number of aromatic amines is 1. The molecule has 0 bridgehead atoms. The smallest absolute Gasteiger partial charge is 0.230 e. The van der Waals surface area contributed by atoms with Crippen LogP contribution in [0, 0.1) is 6.92 Å². The summed E-state index contributed by atoms with van der Waals surface area (Å²) in [5.41, 5.74) is 8.58. The SMILES string of the molecule is Cc1cc(=O)c(-c2noc(N)c2-c2cccc(Cl)c2)c[nH]1. The van der Waals surface area contributed by atoms with E-state index in [1.165, 1.54) is 6.07 Å². The van der Waals surface area contributed by atoms with Gasteiger partial charge in [-0.25, -0.2) is 0 Å². The normalized spacial score (nSPS) is 10.8. The number of pyridine rings is 1. The summed E-state index contributed by atoms with van der Waals surface area (Å²) >= 11 is 6.00. The quantitative estimate of drug-likeness (QED) is 0.761. The van der Waals surface area contributed by atoms with Gasteiger partial charge in [0.25, 0.3) is 0 Å². The van der Waals surface area contributed by atoms with E-state index in [1.807, 2.05) is 6.07 Å². The molecule has 2 aromatic heterocycles. The second-order valence-electron chi connectivity index (χ2n) is 4.67. The van der Waals surface area contributed by atoms with E-state index in [0.29, 0.717) is 21.8 Å². The molecule has 1 aromatic carbocycles. The van der Waals surface area contributed by atoms with Crippen molar-refractivity contribution < 1.29 is 4.52 Å². The Balaban J connectivity index is 2.24. The van der Waals surface area contributed by atoms with Crippen LogP contribution in [0.4, 0.5) is 5.88 Å². The van der Waals surface area contributed by atoms with Crippen molar-refractivity contribution >= 4 is 17.5 Å². The molecule has 5 nitrogen and oxygen atoms in total. The minimum Gasteiger partial charge on any atom is -0.367 e. The van der Waals surface area contributed by atoms with E-state index in [0.717, 1.165) is 11.3 Å². The van der Waals surface area contributed by atoms with Crippen LogP contribution in [0.25, 0.3) is 22.4 Å². The molecule has 3 aromatic rings. The zero-order chi connectivity index (χ0) is 15.0. The van der Waals surface area contributed by atoms with Crippen molar-refractivity contribution in [2.24, 2.45) is 0 Å². The van der Waals surface area contributed by atoms with Crippen LogP contribution in [0.3, 0.4) is 0 Å². The molecule has 0 atom stereocenters. The summed E-state index contributed by atoms with van der Waals surface area (Å²) in [5.74, 6) is 0.146. The van der Waals surface area contributed by atoms with Gasteiger partial charge in [-0.2, -0.15) is 0 Å². The third-order valence-electron chi connectivity index (χ3n) is 3.14. The number of nitrogen functional groups attached to an aromatic ring is 1. The lowest BCUT2D eigenvalue weighted by atomic mass is 10.0. The highest BCUT2D eigenvalue weighted by atomic mass is 35.5. The van der Waals surface area contributed by atoms with Gasteiger partial charge < -0.3 is 15.2 Å². The third-order valence-corrected chi connectivity index (χ3v) is 3.38. The number of anilines is 1. The summed E-state index contributed by atoms with van der Waals surface area (Å²) in [4.78, 5) is 15.1. The van der Waals surface area contributed by atoms with Crippen LogP contribution in [-0.2, 0) is 0 Å². The lowest BCUT2D eigenvalue weighted by molar-refractivity contribution is 0.439. The fraction of sp³-hybridized carbons (Fsp3) is 0.0667. The molecule has 106 valence electrons. The molecule has 0 aliphatic carbocycles. The fourth-order valence-electron chi connectivity index (χ4n) is 2.17. The second-order valence-corrected chi connectivity index (χ2v) is 5.11. The molecule has 0 spiro atoms. The van der Waals surface area contributed by atoms with Crippen molar-refractivity contribution in [3.05, 3.63) is 57.5 Å². The van der Waals surface area contributed by atoms with E-state index < -0.39 is 0 Å². The van der Waals surface area contributed by atoms with Crippen LogP contribution in [-0.4, -0.2) is 10.1 Å². The predicted molar refractivity (Wildman–Crippen MR) is 82.2 cm³/mol. The number of benzene rings is 1. The third kappa shape index (κ3) is 2.43. The average Bonchev–Trinajstić information content (AvgIpc) is 2.80. The largest absolute Gasteiger partial charge is 0.367 e. The lowest BCUT2D eigenvalue weighted by Gasteiger charge is -2.03. The van der Waals surface area contributed by atoms with Crippen LogP contribution in [0.15, 0.2) is 45.8 Å². The first-order valence-corrected chi connectivity index (χ1v) is 6.65. The van der Waals surface area contributed by atoms with Crippen LogP contribution in [0.5, 0.6) is 0 Å². The van der Waals surface area contributed by atoms with Crippen LogP contribution in [0.2, 0.25) is 5.02 Å². The summed E-state index contributed by atoms with van der Waals surface area (Å²) in [6, 6.07) is 8.64. The van der Waals surface area contributed by atoms with E-state index in [1.54, 1.807) is 31.3 Å². The maximum atomic E-state index is 12.1. The first-order chi connectivity index (χ1) is 10.1. The molecule has 3 rings (SSSR count). The molecule has 3 N–H and O–H groups in total. The number of hydrogen-bond acceptors (Lipinski definition) is 4. The maximum Gasteiger partial charge on any atom is 0.230 e. The van der Waals surface area contributed by atoms with Crippen LogP contribution in [0.1, 0.15) is 5.69 Å². The molecule has 0 fully saturated rings. The Bertz CT molecular complexity index is 867. The molecule has 0 aliphatic rings. The van der Waals surface area contributed by atoms with E-state index in [9.17, 15) is 4.79 Å². The molecule has 0 aliphatic heterocycles. The highest BCUT2D eigenvalue weighted by Gasteiger charge is 2.19. The molecule has 0 unspecified atom stereocenters. The Kier molecular flexibility index (Phi) is 3.27. The van der Waals surface area contributed by atoms with Gasteiger partial charge in [0.15, 0.2) is 5.43 Å². The molecular weight excluding hydrogens is 290 g/mol. The molecule has 0 saturated carbocycles. The zero-order valence-electron chi connectivity index (χ0n) is 11.2. The van der Waals surface area contributed by atoms with Gasteiger partial charge >= 0.3 is 0 Å². The second kappa shape index (κ2) is 5.10. The summed E-state index contributed by atoms with van der Waals surface area (Å²) in [7, 11) is 0. The molecule has 0 saturated heterocycles. The Morgan fingerprint density at radius 3 is 2.86 bits per heavy atom. The van der Waals surface area contributed by atoms with Gasteiger partial charge in [0.05, 0.1) is 11.1 Å². The molecule has 0 amide bonds. The predicted octanol–water partition coefficient (Wildman–Crippen LogP) is 3.24. The standard InChI is InChI=1S/C15H12ClN3O2/c1-8-5-12(20)11(7-18-8)14-13(15(17)21-19-14)9-3-2-4-10(16)6-9/h2-7H,17H2,1H3,(H,18,20). The Morgan fingerprint density at radius 1 is 1.33 bits per heavy atom. The monoisotopic (exact) mass is 301 g/mol. The first-order valence-electron chi connectivity index (χ1n) is 6.27. The highest BCUT2D eigenvalue weighted by molar-refractivity contribution is 6.30. The van der Waals surface area contributed by atoms with Gasteiger partial charge in [-0.05, 0) is 24.6 Å². The lowest BCUT2D eigenvalue weighted by Crippen LogP contribution is -2.06. The molecule has 2 heterocycles. The maximum absolute atomic E-state index is 12.1. The minimum atomic E-state index is -0.150. The summed E-state index contributed by atoms with van der Waals surface area (Å²) < 4.78 is 5.06. The number of hydrogen-bond donors (Lipinski definition) is 2. The Labute approximate surface area is 125 Å². The Hall–Kier alpha value is -2.53. The fourth-order valence-corrected chi connectivity index (χ4v) is 2.36. The summed E-state index contributed by atoms with van der Waals surface area (Å²) in [5, 5.41) is 4.49. The minimum absolute atomic E-state index is 0.146. The van der Waals surface area contributed by atoms with Gasteiger partial charge in [0.1, 0.15) is 5.69 Å². The molecule has 21 heavy (non-hydrogen) atoms. The highest BCUT2D eigenvalue weighted by Crippen LogP contribution is 2.35. The average molecular weight is 302 g/mol. The van der Waals surface area contributed by atoms with Gasteiger partial charge in [0.2, 0.25) is 5.88 Å². The number of halogens is 1. The van der Waals surface area contributed by atoms with Crippen molar-refractivity contribution in [2.75, 3.05) is 5.73 Å². The molecular formula is C15H12ClN3O2. The number of aromatic nitrogens is 2. The number of aryl methyl sites for hydroxylation is 1. The first kappa shape index (κ1) is 13.5. The van der Waals surface area contributed by atoms with E-state index in [2.05, 4.69) is 10.1 Å². The van der Waals surface area contributed by atoms with E-state index in [-0.39, 0.29) is 11.3 Å². The van der Waals surface area contributed by atoms with Crippen molar-refractivity contribution in [3.8, 4) is 22.4 Å². The number of H-pyrrole nitrogens is 1. The van der Waals surface area contributed by atoms with Crippen molar-refractivity contribution in [1.82, 2.24) is 10.1 Å². The van der Waals surface area contributed by atoms with Crippen LogP contribution < -0.4 is 11.2 Å². The molecule has 0 radical (unpaired) electrons.